The van der Waals surface area contributed by atoms with E-state index in [0.717, 1.165) is 24.3 Å². The summed E-state index contributed by atoms with van der Waals surface area (Å²) in [6.07, 6.45) is 3.18. The molecule has 0 aliphatic carbocycles. The van der Waals surface area contributed by atoms with Gasteiger partial charge in [0.2, 0.25) is 0 Å². The third-order valence-corrected chi connectivity index (χ3v) is 2.83. The second-order valence-electron chi connectivity index (χ2n) is 3.77. The predicted molar refractivity (Wildman–Crippen MR) is 64.4 cm³/mol. The van der Waals surface area contributed by atoms with E-state index in [1.54, 1.807) is 0 Å². The van der Waals surface area contributed by atoms with Crippen LogP contribution in [0.25, 0.3) is 0 Å². The van der Waals surface area contributed by atoms with Crippen molar-refractivity contribution in [3.8, 4) is 0 Å². The highest BCUT2D eigenvalue weighted by Gasteiger charge is 2.01. The van der Waals surface area contributed by atoms with Gasteiger partial charge in [0.1, 0.15) is 0 Å². The van der Waals surface area contributed by atoms with Crippen LogP contribution >= 0.6 is 23.2 Å². The Morgan fingerprint density at radius 2 is 2.07 bits per heavy atom. The lowest BCUT2D eigenvalue weighted by molar-refractivity contribution is 0.723. The largest absolute Gasteiger partial charge is 0.123 e. The fourth-order valence-corrected chi connectivity index (χ4v) is 1.91. The molecule has 1 aromatic rings. The van der Waals surface area contributed by atoms with Crippen molar-refractivity contribution in [1.82, 2.24) is 0 Å². The average molecular weight is 231 g/mol. The second kappa shape index (κ2) is 5.63. The fraction of sp³-hybridized carbons (Fsp3) is 0.500. The Morgan fingerprint density at radius 1 is 1.36 bits per heavy atom. The molecule has 0 nitrogen and oxygen atoms in total. The zero-order valence-electron chi connectivity index (χ0n) is 8.69. The first-order chi connectivity index (χ1) is 6.59. The summed E-state index contributed by atoms with van der Waals surface area (Å²) in [7, 11) is 0. The highest BCUT2D eigenvalue weighted by Crippen LogP contribution is 2.20. The highest BCUT2D eigenvalue weighted by molar-refractivity contribution is 6.31. The van der Waals surface area contributed by atoms with Crippen molar-refractivity contribution in [3.05, 3.63) is 34.3 Å². The van der Waals surface area contributed by atoms with E-state index in [9.17, 15) is 0 Å². The van der Waals surface area contributed by atoms with Gasteiger partial charge < -0.3 is 0 Å². The van der Waals surface area contributed by atoms with Gasteiger partial charge in [-0.15, -0.1) is 11.6 Å². The normalized spacial score (nSPS) is 12.9. The van der Waals surface area contributed by atoms with E-state index in [2.05, 4.69) is 19.1 Å². The van der Waals surface area contributed by atoms with Gasteiger partial charge >= 0.3 is 0 Å². The average Bonchev–Trinajstić information content (AvgIpc) is 2.08. The maximum atomic E-state index is 6.11. The Hall–Kier alpha value is -0.200. The third-order valence-electron chi connectivity index (χ3n) is 2.26. The van der Waals surface area contributed by atoms with Gasteiger partial charge in [0.25, 0.3) is 0 Å². The van der Waals surface area contributed by atoms with E-state index in [4.69, 9.17) is 23.2 Å². The molecule has 78 valence electrons. The van der Waals surface area contributed by atoms with Gasteiger partial charge in [-0.1, -0.05) is 23.7 Å². The summed E-state index contributed by atoms with van der Waals surface area (Å²) in [6.45, 7) is 4.08. The van der Waals surface area contributed by atoms with Gasteiger partial charge in [-0.3, -0.25) is 0 Å². The van der Waals surface area contributed by atoms with E-state index in [1.807, 2.05) is 13.0 Å². The summed E-state index contributed by atoms with van der Waals surface area (Å²) < 4.78 is 0. The lowest BCUT2D eigenvalue weighted by atomic mass is 10.1. The first-order valence-electron chi connectivity index (χ1n) is 4.98. The molecule has 1 unspecified atom stereocenters. The van der Waals surface area contributed by atoms with Crippen LogP contribution in [0.15, 0.2) is 18.2 Å². The van der Waals surface area contributed by atoms with Crippen LogP contribution in [0, 0.1) is 6.92 Å². The molecular weight excluding hydrogens is 215 g/mol. The minimum Gasteiger partial charge on any atom is -0.123 e. The monoisotopic (exact) mass is 230 g/mol. The zero-order chi connectivity index (χ0) is 10.6. The van der Waals surface area contributed by atoms with Gasteiger partial charge in [0.05, 0.1) is 0 Å². The van der Waals surface area contributed by atoms with Crippen LogP contribution < -0.4 is 0 Å². The smallest absolute Gasteiger partial charge is 0.0440 e. The van der Waals surface area contributed by atoms with Crippen molar-refractivity contribution in [3.63, 3.8) is 0 Å². The Balaban J connectivity index is 2.51. The molecule has 0 aliphatic rings. The summed E-state index contributed by atoms with van der Waals surface area (Å²) in [5.41, 5.74) is 2.44. The van der Waals surface area contributed by atoms with E-state index in [1.165, 1.54) is 11.1 Å². The van der Waals surface area contributed by atoms with Crippen LogP contribution in [0.2, 0.25) is 5.02 Å². The van der Waals surface area contributed by atoms with Crippen LogP contribution in [0.1, 0.15) is 30.9 Å². The zero-order valence-corrected chi connectivity index (χ0v) is 10.2. The molecule has 0 aliphatic heterocycles. The number of benzene rings is 1. The summed E-state index contributed by atoms with van der Waals surface area (Å²) >= 11 is 12.0. The predicted octanol–water partition coefficient (Wildman–Crippen LogP) is 4.60. The molecule has 0 heterocycles. The molecule has 0 bridgehead atoms. The highest BCUT2D eigenvalue weighted by atomic mass is 35.5. The minimum absolute atomic E-state index is 0.263. The van der Waals surface area contributed by atoms with Gasteiger partial charge in [-0.25, -0.2) is 0 Å². The van der Waals surface area contributed by atoms with E-state index < -0.39 is 0 Å². The number of aryl methyl sites for hydroxylation is 2. The molecule has 0 radical (unpaired) electrons. The second-order valence-corrected chi connectivity index (χ2v) is 4.92. The van der Waals surface area contributed by atoms with Crippen molar-refractivity contribution in [1.29, 1.82) is 0 Å². The molecule has 0 fully saturated rings. The summed E-state index contributed by atoms with van der Waals surface area (Å²) in [5, 5.41) is 1.14. The van der Waals surface area contributed by atoms with Crippen LogP contribution in [-0.4, -0.2) is 5.38 Å². The Labute approximate surface area is 96.2 Å². The molecule has 0 saturated heterocycles. The lowest BCUT2D eigenvalue weighted by Gasteiger charge is -2.06. The van der Waals surface area contributed by atoms with Crippen molar-refractivity contribution >= 4 is 23.2 Å². The topological polar surface area (TPSA) is 0 Å². The van der Waals surface area contributed by atoms with Gasteiger partial charge in [-0.05, 0) is 50.3 Å². The minimum atomic E-state index is 0.263. The molecule has 1 aromatic carbocycles. The van der Waals surface area contributed by atoms with Gasteiger partial charge in [0.15, 0.2) is 0 Å². The van der Waals surface area contributed by atoms with Crippen molar-refractivity contribution < 1.29 is 0 Å². The van der Waals surface area contributed by atoms with Crippen LogP contribution in [-0.2, 0) is 6.42 Å². The van der Waals surface area contributed by atoms with Crippen LogP contribution in [0.5, 0.6) is 0 Å². The SMILES string of the molecule is Cc1ccc(CCCC(C)Cl)c(Cl)c1. The van der Waals surface area contributed by atoms with Crippen molar-refractivity contribution in [2.24, 2.45) is 0 Å². The number of rotatable bonds is 4. The van der Waals surface area contributed by atoms with Crippen LogP contribution in [0.4, 0.5) is 0 Å². The first-order valence-corrected chi connectivity index (χ1v) is 5.80. The van der Waals surface area contributed by atoms with Gasteiger partial charge in [-0.2, -0.15) is 0 Å². The Bertz CT molecular complexity index is 292. The molecule has 1 atom stereocenters. The van der Waals surface area contributed by atoms with Gasteiger partial charge in [0, 0.05) is 10.4 Å². The number of hydrogen-bond donors (Lipinski definition) is 0. The number of hydrogen-bond acceptors (Lipinski definition) is 0. The summed E-state index contributed by atoms with van der Waals surface area (Å²) in [5.74, 6) is 0. The summed E-state index contributed by atoms with van der Waals surface area (Å²) in [4.78, 5) is 0. The number of alkyl halides is 1. The molecule has 14 heavy (non-hydrogen) atoms. The fourth-order valence-electron chi connectivity index (χ4n) is 1.43. The summed E-state index contributed by atoms with van der Waals surface area (Å²) in [6, 6.07) is 6.23. The lowest BCUT2D eigenvalue weighted by Crippen LogP contribution is -1.94. The van der Waals surface area contributed by atoms with E-state index in [-0.39, 0.29) is 5.38 Å². The maximum Gasteiger partial charge on any atom is 0.0440 e. The number of halogens is 2. The van der Waals surface area contributed by atoms with E-state index in [0.29, 0.717) is 0 Å². The first kappa shape index (κ1) is 11.9. The molecule has 0 saturated carbocycles. The van der Waals surface area contributed by atoms with Crippen molar-refractivity contribution in [2.45, 2.75) is 38.5 Å². The molecule has 0 spiro atoms. The Morgan fingerprint density at radius 3 is 2.64 bits per heavy atom. The molecule has 0 amide bonds. The maximum absolute atomic E-state index is 6.11. The van der Waals surface area contributed by atoms with Crippen molar-refractivity contribution in [2.75, 3.05) is 0 Å². The Kier molecular flexibility index (Phi) is 4.77. The van der Waals surface area contributed by atoms with Crippen LogP contribution in [0.3, 0.4) is 0 Å². The third kappa shape index (κ3) is 3.89. The quantitative estimate of drug-likeness (QED) is 0.664. The molecular formula is C12H16Cl2. The molecule has 1 rings (SSSR count). The molecule has 2 heteroatoms. The van der Waals surface area contributed by atoms with E-state index >= 15 is 0 Å². The molecule has 0 aromatic heterocycles. The molecule has 0 N–H and O–H groups in total. The standard InChI is InChI=1S/C12H16Cl2/c1-9-6-7-11(12(14)8-9)5-3-4-10(2)13/h6-8,10H,3-5H2,1-2H3.